The summed E-state index contributed by atoms with van der Waals surface area (Å²) in [5.41, 5.74) is 4.82. The maximum atomic E-state index is 12.2. The second kappa shape index (κ2) is 12.9. The lowest BCUT2D eigenvalue weighted by Gasteiger charge is -2.37. The molecule has 0 atom stereocenters. The fraction of sp³-hybridized carbons (Fsp3) is 0.379. The van der Waals surface area contributed by atoms with Gasteiger partial charge in [-0.15, -0.1) is 0 Å². The molecule has 0 bridgehead atoms. The van der Waals surface area contributed by atoms with E-state index in [-0.39, 0.29) is 5.69 Å². The lowest BCUT2D eigenvalue weighted by Crippen LogP contribution is -2.42. The van der Waals surface area contributed by atoms with Gasteiger partial charge in [-0.2, -0.15) is 4.98 Å². The zero-order valence-corrected chi connectivity index (χ0v) is 27.3. The summed E-state index contributed by atoms with van der Waals surface area (Å²) in [6, 6.07) is 8.27. The molecule has 43 heavy (non-hydrogen) atoms. The Bertz CT molecular complexity index is 1730. The number of rotatable bonds is 10. The van der Waals surface area contributed by atoms with Crippen molar-refractivity contribution < 1.29 is 13.2 Å². The molecule has 0 saturated carbocycles. The third-order valence-electron chi connectivity index (χ3n) is 7.49. The number of nitrogens with zero attached hydrogens (tertiary/aromatic N) is 6. The molecule has 4 aromatic rings. The van der Waals surface area contributed by atoms with Crippen molar-refractivity contribution >= 4 is 71.5 Å². The van der Waals surface area contributed by atoms with Crippen LogP contribution < -0.4 is 25.0 Å². The molecule has 0 aliphatic carbocycles. The van der Waals surface area contributed by atoms with Crippen LogP contribution in [-0.2, 0) is 16.4 Å². The first-order chi connectivity index (χ1) is 20.6. The summed E-state index contributed by atoms with van der Waals surface area (Å²) in [7, 11) is 2.34. The van der Waals surface area contributed by atoms with Gasteiger partial charge in [0.05, 0.1) is 40.4 Å². The Morgan fingerprint density at radius 1 is 1.07 bits per heavy atom. The number of anilines is 6. The quantitative estimate of drug-likeness (QED) is 0.207. The van der Waals surface area contributed by atoms with E-state index in [2.05, 4.69) is 94.2 Å². The number of fused-ring (bicyclic) bond motifs is 1. The van der Waals surface area contributed by atoms with E-state index in [4.69, 9.17) is 4.74 Å². The van der Waals surface area contributed by atoms with Crippen LogP contribution in [0.3, 0.4) is 0 Å². The van der Waals surface area contributed by atoms with Gasteiger partial charge in [0, 0.05) is 49.5 Å². The number of methoxy groups -OCH3 is 1. The number of aromatic nitrogens is 4. The Balaban J connectivity index is 1.44. The topological polar surface area (TPSA) is 138 Å². The van der Waals surface area contributed by atoms with Crippen molar-refractivity contribution in [2.75, 3.05) is 60.8 Å². The zero-order chi connectivity index (χ0) is 30.7. The third-order valence-corrected chi connectivity index (χ3v) is 8.64. The summed E-state index contributed by atoms with van der Waals surface area (Å²) in [4.78, 5) is 22.5. The van der Waals surface area contributed by atoms with E-state index in [1.54, 1.807) is 31.6 Å². The predicted molar refractivity (Wildman–Crippen MR) is 176 cm³/mol. The summed E-state index contributed by atoms with van der Waals surface area (Å²) in [6.07, 6.45) is 8.87. The van der Waals surface area contributed by atoms with E-state index in [1.807, 2.05) is 0 Å². The molecule has 0 unspecified atom stereocenters. The second-order valence-corrected chi connectivity index (χ2v) is 13.2. The third kappa shape index (κ3) is 7.08. The molecule has 1 saturated heterocycles. The van der Waals surface area contributed by atoms with Gasteiger partial charge in [0.25, 0.3) is 0 Å². The van der Waals surface area contributed by atoms with Crippen LogP contribution in [-0.4, -0.2) is 79.8 Å². The number of piperidine rings is 1. The fourth-order valence-corrected chi connectivity index (χ4v) is 6.14. The van der Waals surface area contributed by atoms with E-state index in [0.29, 0.717) is 44.8 Å². The van der Waals surface area contributed by atoms with Crippen molar-refractivity contribution in [3.05, 3.63) is 52.9 Å². The first kappa shape index (κ1) is 30.7. The second-order valence-electron chi connectivity index (χ2n) is 10.6. The average molecular weight is 671 g/mol. The first-order valence-electron chi connectivity index (χ1n) is 14.0. The van der Waals surface area contributed by atoms with Gasteiger partial charge in [0.15, 0.2) is 0 Å². The van der Waals surface area contributed by atoms with Gasteiger partial charge in [-0.25, -0.2) is 13.4 Å². The molecule has 1 fully saturated rings. The van der Waals surface area contributed by atoms with Gasteiger partial charge in [-0.3, -0.25) is 14.7 Å². The number of hydrogen-bond acceptors (Lipinski definition) is 11. The predicted octanol–water partition coefficient (Wildman–Crippen LogP) is 5.14. The standard InChI is InChI=1S/C29H36BrN9O3S/c1-6-18-15-23(25(42-4)16-24(18)39-13-9-19(10-14-39)38(2)3)35-29-33-17-20(30)28(36-29)34-22-8-7-21-26(32-12-11-31-21)27(22)37-43(5,40)41/h7-8,11-12,15-17,19,37H,6,9-10,13-14H2,1-5H3,(H2,33,34,35,36). The Morgan fingerprint density at radius 3 is 2.49 bits per heavy atom. The Labute approximate surface area is 260 Å². The van der Waals surface area contributed by atoms with Crippen LogP contribution in [0.4, 0.5) is 34.5 Å². The van der Waals surface area contributed by atoms with E-state index < -0.39 is 10.0 Å². The average Bonchev–Trinajstić information content (AvgIpc) is 2.99. The molecule has 5 rings (SSSR count). The van der Waals surface area contributed by atoms with Crippen molar-refractivity contribution in [2.45, 2.75) is 32.2 Å². The van der Waals surface area contributed by atoms with Crippen LogP contribution in [0.15, 0.2) is 47.3 Å². The molecule has 0 amide bonds. The Morgan fingerprint density at radius 2 is 1.81 bits per heavy atom. The molecule has 0 spiro atoms. The molecular formula is C29H36BrN9O3S. The number of sulfonamides is 1. The summed E-state index contributed by atoms with van der Waals surface area (Å²) in [6.45, 7) is 4.14. The largest absolute Gasteiger partial charge is 0.494 e. The smallest absolute Gasteiger partial charge is 0.229 e. The molecule has 2 aromatic carbocycles. The summed E-state index contributed by atoms with van der Waals surface area (Å²) in [5, 5.41) is 6.54. The van der Waals surface area contributed by atoms with E-state index >= 15 is 0 Å². The van der Waals surface area contributed by atoms with Crippen LogP contribution in [0.1, 0.15) is 25.3 Å². The van der Waals surface area contributed by atoms with Crippen LogP contribution in [0.2, 0.25) is 0 Å². The monoisotopic (exact) mass is 669 g/mol. The summed E-state index contributed by atoms with van der Waals surface area (Å²) < 4.78 is 33.4. The van der Waals surface area contributed by atoms with E-state index in [1.165, 1.54) is 17.4 Å². The van der Waals surface area contributed by atoms with Crippen molar-refractivity contribution in [3.63, 3.8) is 0 Å². The van der Waals surface area contributed by atoms with Gasteiger partial charge in [0.1, 0.15) is 17.1 Å². The van der Waals surface area contributed by atoms with Crippen LogP contribution in [0.5, 0.6) is 5.75 Å². The normalized spacial score (nSPS) is 14.3. The molecule has 3 heterocycles. The van der Waals surface area contributed by atoms with Gasteiger partial charge >= 0.3 is 0 Å². The van der Waals surface area contributed by atoms with Crippen LogP contribution >= 0.6 is 15.9 Å². The zero-order valence-electron chi connectivity index (χ0n) is 24.8. The number of halogens is 1. The summed E-state index contributed by atoms with van der Waals surface area (Å²) in [5.74, 6) is 1.45. The Kier molecular flexibility index (Phi) is 9.18. The van der Waals surface area contributed by atoms with Gasteiger partial charge < -0.3 is 25.2 Å². The molecule has 14 heteroatoms. The van der Waals surface area contributed by atoms with Crippen molar-refractivity contribution in [3.8, 4) is 5.75 Å². The Hall–Kier alpha value is -3.75. The molecule has 228 valence electrons. The number of aryl methyl sites for hydroxylation is 1. The van der Waals surface area contributed by atoms with Gasteiger partial charge in [-0.1, -0.05) is 6.92 Å². The molecule has 12 nitrogen and oxygen atoms in total. The maximum Gasteiger partial charge on any atom is 0.229 e. The highest BCUT2D eigenvalue weighted by molar-refractivity contribution is 9.10. The highest BCUT2D eigenvalue weighted by Crippen LogP contribution is 2.38. The molecule has 1 aliphatic rings. The molecular weight excluding hydrogens is 634 g/mol. The van der Waals surface area contributed by atoms with Crippen molar-refractivity contribution in [1.82, 2.24) is 24.8 Å². The van der Waals surface area contributed by atoms with Crippen molar-refractivity contribution in [1.29, 1.82) is 0 Å². The van der Waals surface area contributed by atoms with Crippen LogP contribution in [0, 0.1) is 0 Å². The first-order valence-corrected chi connectivity index (χ1v) is 16.6. The van der Waals surface area contributed by atoms with Gasteiger partial charge in [0.2, 0.25) is 16.0 Å². The molecule has 1 aliphatic heterocycles. The lowest BCUT2D eigenvalue weighted by atomic mass is 10.0. The lowest BCUT2D eigenvalue weighted by molar-refractivity contribution is 0.249. The van der Waals surface area contributed by atoms with Crippen LogP contribution in [0.25, 0.3) is 11.0 Å². The minimum atomic E-state index is -3.61. The molecule has 2 aromatic heterocycles. The molecule has 0 radical (unpaired) electrons. The molecule has 3 N–H and O–H groups in total. The maximum absolute atomic E-state index is 12.2. The van der Waals surface area contributed by atoms with Gasteiger partial charge in [-0.05, 0) is 73.1 Å². The van der Waals surface area contributed by atoms with Crippen molar-refractivity contribution in [2.24, 2.45) is 0 Å². The highest BCUT2D eigenvalue weighted by Gasteiger charge is 2.24. The number of ether oxygens (including phenoxy) is 1. The SMILES string of the molecule is CCc1cc(Nc2ncc(Br)c(Nc3ccc4nccnc4c3NS(C)(=O)=O)n2)c(OC)cc1N1CCC(N(C)C)CC1. The minimum Gasteiger partial charge on any atom is -0.494 e. The minimum absolute atomic E-state index is 0.271. The number of nitrogens with one attached hydrogen (secondary N) is 3. The van der Waals surface area contributed by atoms with E-state index in [9.17, 15) is 8.42 Å². The fourth-order valence-electron chi connectivity index (χ4n) is 5.27. The number of benzene rings is 2. The number of hydrogen-bond donors (Lipinski definition) is 3. The van der Waals surface area contributed by atoms with E-state index in [0.717, 1.165) is 44.3 Å². The highest BCUT2D eigenvalue weighted by atomic mass is 79.9. The summed E-state index contributed by atoms with van der Waals surface area (Å²) >= 11 is 3.51.